The Balaban J connectivity index is 2.04. The van der Waals surface area contributed by atoms with Crippen LogP contribution in [0.1, 0.15) is 37.2 Å². The van der Waals surface area contributed by atoms with Crippen LogP contribution in [0.3, 0.4) is 0 Å². The summed E-state index contributed by atoms with van der Waals surface area (Å²) in [6.07, 6.45) is 3.28. The molecular formula is C15H23N3O3. The zero-order chi connectivity index (χ0) is 15.4. The number of carbonyl (C=O) groups is 2. The summed E-state index contributed by atoms with van der Waals surface area (Å²) in [6.45, 7) is 5.08. The Morgan fingerprint density at radius 1 is 1.48 bits per heavy atom. The molecule has 6 nitrogen and oxygen atoms in total. The van der Waals surface area contributed by atoms with E-state index in [1.54, 1.807) is 17.0 Å². The van der Waals surface area contributed by atoms with Crippen LogP contribution in [0.5, 0.6) is 0 Å². The number of piperidine rings is 1. The molecule has 2 amide bonds. The molecule has 6 heteroatoms. The van der Waals surface area contributed by atoms with Gasteiger partial charge >= 0.3 is 0 Å². The maximum absolute atomic E-state index is 12.6. The van der Waals surface area contributed by atoms with Gasteiger partial charge in [0.1, 0.15) is 6.04 Å². The lowest BCUT2D eigenvalue weighted by Crippen LogP contribution is -2.55. The molecule has 0 aliphatic carbocycles. The van der Waals surface area contributed by atoms with E-state index in [0.29, 0.717) is 13.1 Å². The highest BCUT2D eigenvalue weighted by Crippen LogP contribution is 2.14. The minimum Gasteiger partial charge on any atom is -0.459 e. The van der Waals surface area contributed by atoms with E-state index >= 15 is 0 Å². The molecule has 0 radical (unpaired) electrons. The number of amides is 2. The predicted molar refractivity (Wildman–Crippen MR) is 78.6 cm³/mol. The first-order chi connectivity index (χ1) is 9.99. The minimum absolute atomic E-state index is 0.00503. The molecule has 21 heavy (non-hydrogen) atoms. The Hall–Kier alpha value is -1.82. The van der Waals surface area contributed by atoms with Gasteiger partial charge in [-0.05, 0) is 30.9 Å². The molecule has 0 aromatic carbocycles. The summed E-state index contributed by atoms with van der Waals surface area (Å²) in [5, 5.41) is 2.77. The molecule has 2 atom stereocenters. The summed E-state index contributed by atoms with van der Waals surface area (Å²) in [5.74, 6) is -0.230. The number of likely N-dealkylation sites (tertiary alicyclic amines) is 1. The van der Waals surface area contributed by atoms with Crippen LogP contribution in [0.25, 0.3) is 0 Å². The Labute approximate surface area is 124 Å². The van der Waals surface area contributed by atoms with Gasteiger partial charge in [-0.1, -0.05) is 13.8 Å². The van der Waals surface area contributed by atoms with Gasteiger partial charge in [0.25, 0.3) is 5.91 Å². The van der Waals surface area contributed by atoms with Gasteiger partial charge in [-0.15, -0.1) is 0 Å². The third-order valence-corrected chi connectivity index (χ3v) is 3.73. The van der Waals surface area contributed by atoms with Crippen LogP contribution >= 0.6 is 0 Å². The summed E-state index contributed by atoms with van der Waals surface area (Å²) in [4.78, 5) is 26.4. The number of rotatable bonds is 4. The Bertz CT molecular complexity index is 484. The van der Waals surface area contributed by atoms with Gasteiger partial charge in [-0.3, -0.25) is 9.59 Å². The first kappa shape index (κ1) is 15.6. The first-order valence-corrected chi connectivity index (χ1v) is 7.37. The van der Waals surface area contributed by atoms with Crippen LogP contribution in [0, 0.1) is 5.92 Å². The molecule has 2 unspecified atom stereocenters. The summed E-state index contributed by atoms with van der Waals surface area (Å²) < 4.78 is 5.06. The van der Waals surface area contributed by atoms with Gasteiger partial charge < -0.3 is 20.4 Å². The number of carbonyl (C=O) groups excluding carboxylic acids is 2. The van der Waals surface area contributed by atoms with Crippen molar-refractivity contribution in [3.63, 3.8) is 0 Å². The van der Waals surface area contributed by atoms with Gasteiger partial charge in [0, 0.05) is 19.1 Å². The molecule has 3 N–H and O–H groups in total. The molecule has 1 fully saturated rings. The highest BCUT2D eigenvalue weighted by molar-refractivity contribution is 5.95. The Morgan fingerprint density at radius 3 is 2.81 bits per heavy atom. The fraction of sp³-hybridized carbons (Fsp3) is 0.600. The number of nitrogens with two attached hydrogens (primary N) is 1. The quantitative estimate of drug-likeness (QED) is 0.866. The highest BCUT2D eigenvalue weighted by Gasteiger charge is 2.31. The lowest BCUT2D eigenvalue weighted by Gasteiger charge is -2.34. The summed E-state index contributed by atoms with van der Waals surface area (Å²) in [5.41, 5.74) is 5.92. The van der Waals surface area contributed by atoms with E-state index in [2.05, 4.69) is 5.32 Å². The molecule has 1 aliphatic rings. The predicted octanol–water partition coefficient (Wildman–Crippen LogP) is 0.984. The van der Waals surface area contributed by atoms with Crippen LogP contribution in [0.15, 0.2) is 22.8 Å². The molecule has 2 rings (SSSR count). The zero-order valence-corrected chi connectivity index (χ0v) is 12.5. The molecule has 0 spiro atoms. The van der Waals surface area contributed by atoms with Crippen LogP contribution in [-0.2, 0) is 4.79 Å². The number of furan rings is 1. The molecule has 0 saturated carbocycles. The maximum Gasteiger partial charge on any atom is 0.287 e. The van der Waals surface area contributed by atoms with Gasteiger partial charge in [0.2, 0.25) is 5.91 Å². The van der Waals surface area contributed by atoms with Crippen LogP contribution in [0.2, 0.25) is 0 Å². The van der Waals surface area contributed by atoms with Crippen molar-refractivity contribution in [2.24, 2.45) is 11.7 Å². The van der Waals surface area contributed by atoms with Crippen molar-refractivity contribution >= 4 is 11.8 Å². The van der Waals surface area contributed by atoms with Gasteiger partial charge in [0.15, 0.2) is 5.76 Å². The maximum atomic E-state index is 12.6. The SMILES string of the molecule is CC(C)C(NC(=O)c1ccco1)C(=O)N1CCCC(N)C1. The monoisotopic (exact) mass is 293 g/mol. The number of hydrogen-bond acceptors (Lipinski definition) is 4. The highest BCUT2D eigenvalue weighted by atomic mass is 16.3. The zero-order valence-electron chi connectivity index (χ0n) is 12.5. The average Bonchev–Trinajstić information content (AvgIpc) is 2.97. The van der Waals surface area contributed by atoms with Crippen molar-refractivity contribution in [2.45, 2.75) is 38.8 Å². The third kappa shape index (κ3) is 3.85. The number of hydrogen-bond donors (Lipinski definition) is 2. The molecule has 1 aromatic rings. The number of nitrogens with zero attached hydrogens (tertiary/aromatic N) is 1. The molecule has 1 aliphatic heterocycles. The van der Waals surface area contributed by atoms with Crippen molar-refractivity contribution in [3.8, 4) is 0 Å². The molecule has 0 bridgehead atoms. The van der Waals surface area contributed by atoms with E-state index in [-0.39, 0.29) is 29.5 Å². The van der Waals surface area contributed by atoms with E-state index in [4.69, 9.17) is 10.2 Å². The second-order valence-electron chi connectivity index (χ2n) is 5.86. The first-order valence-electron chi connectivity index (χ1n) is 7.37. The van der Waals surface area contributed by atoms with E-state index < -0.39 is 6.04 Å². The topological polar surface area (TPSA) is 88.6 Å². The lowest BCUT2D eigenvalue weighted by molar-refractivity contribution is -0.135. The molecule has 1 aromatic heterocycles. The largest absolute Gasteiger partial charge is 0.459 e. The Morgan fingerprint density at radius 2 is 2.24 bits per heavy atom. The van der Waals surface area contributed by atoms with Gasteiger partial charge in [0.05, 0.1) is 6.26 Å². The van der Waals surface area contributed by atoms with E-state index in [1.165, 1.54) is 6.26 Å². The van der Waals surface area contributed by atoms with Crippen molar-refractivity contribution in [2.75, 3.05) is 13.1 Å². The lowest BCUT2D eigenvalue weighted by atomic mass is 10.00. The van der Waals surface area contributed by atoms with Crippen molar-refractivity contribution in [3.05, 3.63) is 24.2 Å². The van der Waals surface area contributed by atoms with Crippen LogP contribution in [-0.4, -0.2) is 41.9 Å². The van der Waals surface area contributed by atoms with Gasteiger partial charge in [-0.2, -0.15) is 0 Å². The van der Waals surface area contributed by atoms with Gasteiger partial charge in [-0.25, -0.2) is 0 Å². The second-order valence-corrected chi connectivity index (χ2v) is 5.86. The summed E-state index contributed by atoms with van der Waals surface area (Å²) >= 11 is 0. The third-order valence-electron chi connectivity index (χ3n) is 3.73. The average molecular weight is 293 g/mol. The molecule has 116 valence electrons. The van der Waals surface area contributed by atoms with Crippen molar-refractivity contribution < 1.29 is 14.0 Å². The molecule has 2 heterocycles. The van der Waals surface area contributed by atoms with E-state index in [1.807, 2.05) is 13.8 Å². The fourth-order valence-electron chi connectivity index (χ4n) is 2.54. The number of nitrogens with one attached hydrogen (secondary N) is 1. The Kier molecular flexibility index (Phi) is 5.01. The van der Waals surface area contributed by atoms with E-state index in [0.717, 1.165) is 12.8 Å². The smallest absolute Gasteiger partial charge is 0.287 e. The van der Waals surface area contributed by atoms with Crippen molar-refractivity contribution in [1.29, 1.82) is 0 Å². The summed E-state index contributed by atoms with van der Waals surface area (Å²) in [6, 6.07) is 2.68. The van der Waals surface area contributed by atoms with Crippen LogP contribution < -0.4 is 11.1 Å². The van der Waals surface area contributed by atoms with E-state index in [9.17, 15) is 9.59 Å². The second kappa shape index (κ2) is 6.76. The fourth-order valence-corrected chi connectivity index (χ4v) is 2.54. The minimum atomic E-state index is -0.562. The molecular weight excluding hydrogens is 270 g/mol. The standard InChI is InChI=1S/C15H23N3O3/c1-10(2)13(17-14(19)12-6-4-8-21-12)15(20)18-7-3-5-11(16)9-18/h4,6,8,10-11,13H,3,5,7,9,16H2,1-2H3,(H,17,19). The summed E-state index contributed by atoms with van der Waals surface area (Å²) in [7, 11) is 0. The van der Waals surface area contributed by atoms with Crippen molar-refractivity contribution in [1.82, 2.24) is 10.2 Å². The van der Waals surface area contributed by atoms with Crippen LogP contribution in [0.4, 0.5) is 0 Å². The molecule has 1 saturated heterocycles. The normalized spacial score (nSPS) is 20.4.